The van der Waals surface area contributed by atoms with E-state index < -0.39 is 0 Å². The van der Waals surface area contributed by atoms with E-state index in [1.165, 1.54) is 5.56 Å². The van der Waals surface area contributed by atoms with Gasteiger partial charge in [0, 0.05) is 28.6 Å². The summed E-state index contributed by atoms with van der Waals surface area (Å²) >= 11 is 3.44. The van der Waals surface area contributed by atoms with Gasteiger partial charge in [-0.2, -0.15) is 0 Å². The fourth-order valence-electron chi connectivity index (χ4n) is 1.70. The molecular formula is C14H15BrN2. The summed E-state index contributed by atoms with van der Waals surface area (Å²) in [6, 6.07) is 10.7. The number of pyridine rings is 1. The van der Waals surface area contributed by atoms with Gasteiger partial charge in [-0.1, -0.05) is 28.1 Å². The Morgan fingerprint density at radius 3 is 2.53 bits per heavy atom. The average molecular weight is 291 g/mol. The predicted molar refractivity (Wildman–Crippen MR) is 75.2 cm³/mol. The first kappa shape index (κ1) is 12.1. The van der Waals surface area contributed by atoms with Crippen LogP contribution in [0.1, 0.15) is 24.1 Å². The molecule has 0 spiro atoms. The van der Waals surface area contributed by atoms with Crippen LogP contribution in [0.25, 0.3) is 0 Å². The third kappa shape index (κ3) is 3.07. The molecule has 1 aromatic carbocycles. The smallest absolute Gasteiger partial charge is 0.0485 e. The second kappa shape index (κ2) is 5.32. The van der Waals surface area contributed by atoms with Crippen molar-refractivity contribution in [2.75, 3.05) is 5.32 Å². The molecule has 88 valence electrons. The molecule has 1 N–H and O–H groups in total. The molecule has 0 aliphatic rings. The number of hydrogen-bond acceptors (Lipinski definition) is 2. The molecule has 1 unspecified atom stereocenters. The second-order valence-corrected chi connectivity index (χ2v) is 5.02. The fraction of sp³-hybridized carbons (Fsp3) is 0.214. The highest BCUT2D eigenvalue weighted by atomic mass is 79.9. The lowest BCUT2D eigenvalue weighted by Gasteiger charge is -2.17. The monoisotopic (exact) mass is 290 g/mol. The molecule has 0 saturated carbocycles. The van der Waals surface area contributed by atoms with Crippen molar-refractivity contribution in [2.24, 2.45) is 0 Å². The zero-order valence-corrected chi connectivity index (χ0v) is 11.5. The van der Waals surface area contributed by atoms with Crippen LogP contribution in [0.5, 0.6) is 0 Å². The molecular weight excluding hydrogens is 276 g/mol. The van der Waals surface area contributed by atoms with E-state index in [1.807, 2.05) is 18.5 Å². The Balaban J connectivity index is 2.14. The molecule has 0 bridgehead atoms. The Hall–Kier alpha value is -1.35. The number of hydrogen-bond donors (Lipinski definition) is 1. The molecule has 0 amide bonds. The SMILES string of the molecule is Cc1cnccc1NC(C)c1ccc(Br)cc1. The Labute approximate surface area is 110 Å². The van der Waals surface area contributed by atoms with E-state index in [1.54, 1.807) is 0 Å². The summed E-state index contributed by atoms with van der Waals surface area (Å²) in [7, 11) is 0. The number of rotatable bonds is 3. The standard InChI is InChI=1S/C14H15BrN2/c1-10-9-16-8-7-14(10)17-11(2)12-3-5-13(15)6-4-12/h3-9,11H,1-2H3,(H,16,17). The van der Waals surface area contributed by atoms with Gasteiger partial charge in [-0.3, -0.25) is 4.98 Å². The van der Waals surface area contributed by atoms with Gasteiger partial charge < -0.3 is 5.32 Å². The third-order valence-corrected chi connectivity index (χ3v) is 3.29. The van der Waals surface area contributed by atoms with E-state index >= 15 is 0 Å². The van der Waals surface area contributed by atoms with Crippen molar-refractivity contribution in [1.82, 2.24) is 4.98 Å². The Kier molecular flexibility index (Phi) is 3.79. The van der Waals surface area contributed by atoms with Crippen LogP contribution in [-0.2, 0) is 0 Å². The molecule has 0 saturated heterocycles. The highest BCUT2D eigenvalue weighted by Gasteiger charge is 2.06. The number of benzene rings is 1. The van der Waals surface area contributed by atoms with Crippen molar-refractivity contribution in [3.05, 3.63) is 58.3 Å². The van der Waals surface area contributed by atoms with Gasteiger partial charge >= 0.3 is 0 Å². The van der Waals surface area contributed by atoms with Crippen molar-refractivity contribution in [1.29, 1.82) is 0 Å². The summed E-state index contributed by atoms with van der Waals surface area (Å²) in [6.07, 6.45) is 3.68. The zero-order chi connectivity index (χ0) is 12.3. The number of nitrogens with zero attached hydrogens (tertiary/aromatic N) is 1. The largest absolute Gasteiger partial charge is 0.378 e. The summed E-state index contributed by atoms with van der Waals surface area (Å²) in [6.45, 7) is 4.22. The lowest BCUT2D eigenvalue weighted by Crippen LogP contribution is -2.07. The topological polar surface area (TPSA) is 24.9 Å². The van der Waals surface area contributed by atoms with Crippen molar-refractivity contribution in [2.45, 2.75) is 19.9 Å². The van der Waals surface area contributed by atoms with Crippen LogP contribution in [-0.4, -0.2) is 4.98 Å². The van der Waals surface area contributed by atoms with Gasteiger partial charge in [-0.25, -0.2) is 0 Å². The Morgan fingerprint density at radius 1 is 1.18 bits per heavy atom. The third-order valence-electron chi connectivity index (χ3n) is 2.76. The number of nitrogens with one attached hydrogen (secondary N) is 1. The molecule has 0 fully saturated rings. The first-order valence-corrected chi connectivity index (χ1v) is 6.39. The van der Waals surface area contributed by atoms with Crippen molar-refractivity contribution in [3.8, 4) is 0 Å². The molecule has 17 heavy (non-hydrogen) atoms. The minimum Gasteiger partial charge on any atom is -0.378 e. The van der Waals surface area contributed by atoms with E-state index in [0.29, 0.717) is 0 Å². The molecule has 0 radical (unpaired) electrons. The van der Waals surface area contributed by atoms with Crippen LogP contribution in [0.4, 0.5) is 5.69 Å². The highest BCUT2D eigenvalue weighted by molar-refractivity contribution is 9.10. The predicted octanol–water partition coefficient (Wildman–Crippen LogP) is 4.33. The maximum Gasteiger partial charge on any atom is 0.0485 e. The van der Waals surface area contributed by atoms with Crippen molar-refractivity contribution < 1.29 is 0 Å². The van der Waals surface area contributed by atoms with Crippen molar-refractivity contribution >= 4 is 21.6 Å². The van der Waals surface area contributed by atoms with Crippen molar-refractivity contribution in [3.63, 3.8) is 0 Å². The zero-order valence-electron chi connectivity index (χ0n) is 9.94. The first-order valence-electron chi connectivity index (χ1n) is 5.59. The van der Waals surface area contributed by atoms with E-state index in [4.69, 9.17) is 0 Å². The van der Waals surface area contributed by atoms with Crippen LogP contribution in [0.3, 0.4) is 0 Å². The Bertz CT molecular complexity index is 494. The molecule has 1 atom stereocenters. The van der Waals surface area contributed by atoms with Gasteiger partial charge in [0.15, 0.2) is 0 Å². The quantitative estimate of drug-likeness (QED) is 0.910. The van der Waals surface area contributed by atoms with E-state index in [9.17, 15) is 0 Å². The second-order valence-electron chi connectivity index (χ2n) is 4.11. The minimum atomic E-state index is 0.282. The normalized spacial score (nSPS) is 12.2. The molecule has 2 aromatic rings. The van der Waals surface area contributed by atoms with Crippen LogP contribution in [0.15, 0.2) is 47.2 Å². The lowest BCUT2D eigenvalue weighted by molar-refractivity contribution is 0.881. The van der Waals surface area contributed by atoms with E-state index in [-0.39, 0.29) is 6.04 Å². The summed E-state index contributed by atoms with van der Waals surface area (Å²) in [5.74, 6) is 0. The average Bonchev–Trinajstić information content (AvgIpc) is 2.33. The highest BCUT2D eigenvalue weighted by Crippen LogP contribution is 2.22. The number of aryl methyl sites for hydroxylation is 1. The maximum absolute atomic E-state index is 4.09. The fourth-order valence-corrected chi connectivity index (χ4v) is 1.97. The minimum absolute atomic E-state index is 0.282. The molecule has 2 nitrogen and oxygen atoms in total. The molecule has 1 heterocycles. The first-order chi connectivity index (χ1) is 8.16. The van der Waals surface area contributed by atoms with Gasteiger partial charge in [0.05, 0.1) is 0 Å². The molecule has 2 rings (SSSR count). The molecule has 3 heteroatoms. The van der Waals surface area contributed by atoms with Crippen LogP contribution < -0.4 is 5.32 Å². The van der Waals surface area contributed by atoms with Gasteiger partial charge in [0.1, 0.15) is 0 Å². The van der Waals surface area contributed by atoms with Gasteiger partial charge in [-0.15, -0.1) is 0 Å². The van der Waals surface area contributed by atoms with E-state index in [2.05, 4.69) is 64.3 Å². The summed E-state index contributed by atoms with van der Waals surface area (Å²) in [4.78, 5) is 4.09. The Morgan fingerprint density at radius 2 is 1.88 bits per heavy atom. The number of aromatic nitrogens is 1. The molecule has 1 aromatic heterocycles. The number of halogens is 1. The lowest BCUT2D eigenvalue weighted by atomic mass is 10.1. The molecule has 0 aliphatic heterocycles. The summed E-state index contributed by atoms with van der Waals surface area (Å²) in [5.41, 5.74) is 3.57. The summed E-state index contributed by atoms with van der Waals surface area (Å²) in [5, 5.41) is 3.49. The van der Waals surface area contributed by atoms with Crippen LogP contribution in [0.2, 0.25) is 0 Å². The van der Waals surface area contributed by atoms with E-state index in [0.717, 1.165) is 15.7 Å². The van der Waals surface area contributed by atoms with Gasteiger partial charge in [0.2, 0.25) is 0 Å². The molecule has 0 aliphatic carbocycles. The van der Waals surface area contributed by atoms with Gasteiger partial charge in [0.25, 0.3) is 0 Å². The van der Waals surface area contributed by atoms with Crippen LogP contribution >= 0.6 is 15.9 Å². The van der Waals surface area contributed by atoms with Crippen LogP contribution in [0, 0.1) is 6.92 Å². The maximum atomic E-state index is 4.09. The summed E-state index contributed by atoms with van der Waals surface area (Å²) < 4.78 is 1.11. The van der Waals surface area contributed by atoms with Gasteiger partial charge in [-0.05, 0) is 43.2 Å². The number of anilines is 1.